The van der Waals surface area contributed by atoms with Gasteiger partial charge in [0.2, 0.25) is 0 Å². The fourth-order valence-electron chi connectivity index (χ4n) is 1.56. The molecule has 0 saturated carbocycles. The van der Waals surface area contributed by atoms with Gasteiger partial charge in [0.1, 0.15) is 5.75 Å². The van der Waals surface area contributed by atoms with Crippen molar-refractivity contribution in [1.82, 2.24) is 4.98 Å². The first-order valence-electron chi connectivity index (χ1n) is 5.27. The lowest BCUT2D eigenvalue weighted by atomic mass is 10.0. The van der Waals surface area contributed by atoms with Crippen molar-refractivity contribution in [3.63, 3.8) is 0 Å². The Labute approximate surface area is 106 Å². The quantitative estimate of drug-likeness (QED) is 0.799. The van der Waals surface area contributed by atoms with Crippen LogP contribution in [-0.4, -0.2) is 17.4 Å². The molecule has 0 unspecified atom stereocenters. The van der Waals surface area contributed by atoms with E-state index in [1.165, 1.54) is 36.5 Å². The average Bonchev–Trinajstić information content (AvgIpc) is 2.38. The van der Waals surface area contributed by atoms with Gasteiger partial charge in [-0.15, -0.1) is 0 Å². The summed E-state index contributed by atoms with van der Waals surface area (Å²) in [4.78, 5) is 15.6. The van der Waals surface area contributed by atoms with Gasteiger partial charge in [0, 0.05) is 6.20 Å². The zero-order chi connectivity index (χ0) is 13.8. The number of nitrogens with zero attached hydrogens (tertiary/aromatic N) is 1. The van der Waals surface area contributed by atoms with E-state index >= 15 is 0 Å². The largest absolute Gasteiger partial charge is 0.434 e. The first-order chi connectivity index (χ1) is 9.09. The Hall–Kier alpha value is -2.37. The van der Waals surface area contributed by atoms with Crippen molar-refractivity contribution >= 4 is 5.78 Å². The van der Waals surface area contributed by atoms with Crippen molar-refractivity contribution in [2.75, 3.05) is 0 Å². The minimum Gasteiger partial charge on any atom is -0.434 e. The van der Waals surface area contributed by atoms with Crippen molar-refractivity contribution in [2.24, 2.45) is 0 Å². The summed E-state index contributed by atoms with van der Waals surface area (Å²) in [5, 5.41) is 0. The first kappa shape index (κ1) is 13.1. The van der Waals surface area contributed by atoms with Gasteiger partial charge >= 0.3 is 6.61 Å². The predicted molar refractivity (Wildman–Crippen MR) is 60.7 cm³/mol. The lowest BCUT2D eigenvalue weighted by Crippen LogP contribution is -2.10. The molecule has 0 saturated heterocycles. The number of alkyl halides is 2. The number of aromatic nitrogens is 1. The second kappa shape index (κ2) is 5.51. The second-order valence-corrected chi connectivity index (χ2v) is 3.56. The number of carbonyl (C=O) groups excluding carboxylic acids is 1. The van der Waals surface area contributed by atoms with Crippen LogP contribution in [0.4, 0.5) is 13.2 Å². The van der Waals surface area contributed by atoms with Crippen molar-refractivity contribution < 1.29 is 22.7 Å². The minimum atomic E-state index is -3.06. The number of benzene rings is 1. The van der Waals surface area contributed by atoms with Crippen LogP contribution >= 0.6 is 0 Å². The van der Waals surface area contributed by atoms with E-state index in [1.54, 1.807) is 0 Å². The van der Waals surface area contributed by atoms with Gasteiger partial charge in [-0.25, -0.2) is 4.39 Å². The Bertz CT molecular complexity index is 602. The summed E-state index contributed by atoms with van der Waals surface area (Å²) in [6, 6.07) is 6.61. The highest BCUT2D eigenvalue weighted by Gasteiger charge is 2.19. The Morgan fingerprint density at radius 3 is 2.58 bits per heavy atom. The maximum Gasteiger partial charge on any atom is 0.387 e. The number of para-hydroxylation sites is 1. The van der Waals surface area contributed by atoms with Crippen molar-refractivity contribution in [3.8, 4) is 5.75 Å². The van der Waals surface area contributed by atoms with Gasteiger partial charge in [0.25, 0.3) is 0 Å². The lowest BCUT2D eigenvalue weighted by Gasteiger charge is -2.09. The van der Waals surface area contributed by atoms with Crippen molar-refractivity contribution in [3.05, 3.63) is 59.7 Å². The highest BCUT2D eigenvalue weighted by atomic mass is 19.3. The molecule has 0 N–H and O–H groups in total. The smallest absolute Gasteiger partial charge is 0.387 e. The van der Waals surface area contributed by atoms with Gasteiger partial charge in [0.05, 0.1) is 17.3 Å². The highest BCUT2D eigenvalue weighted by Crippen LogP contribution is 2.23. The zero-order valence-corrected chi connectivity index (χ0v) is 9.52. The molecule has 98 valence electrons. The normalized spacial score (nSPS) is 10.5. The molecule has 19 heavy (non-hydrogen) atoms. The Morgan fingerprint density at radius 1 is 1.16 bits per heavy atom. The van der Waals surface area contributed by atoms with Crippen LogP contribution in [0.15, 0.2) is 42.7 Å². The third-order valence-corrected chi connectivity index (χ3v) is 2.36. The molecule has 3 nitrogen and oxygen atoms in total. The maximum atomic E-state index is 13.4. The van der Waals surface area contributed by atoms with Crippen LogP contribution in [0.25, 0.3) is 0 Å². The third-order valence-electron chi connectivity index (χ3n) is 2.36. The SMILES string of the molecule is O=C(c1ccncc1F)c1ccccc1OC(F)F. The first-order valence-corrected chi connectivity index (χ1v) is 5.27. The summed E-state index contributed by atoms with van der Waals surface area (Å²) in [5.74, 6) is -1.85. The van der Waals surface area contributed by atoms with Crippen LogP contribution < -0.4 is 4.74 Å². The highest BCUT2D eigenvalue weighted by molar-refractivity contribution is 6.10. The maximum absolute atomic E-state index is 13.4. The van der Waals surface area contributed by atoms with Gasteiger partial charge in [-0.2, -0.15) is 8.78 Å². The molecule has 2 rings (SSSR count). The molecule has 0 aliphatic heterocycles. The summed E-state index contributed by atoms with van der Waals surface area (Å²) in [7, 11) is 0. The minimum absolute atomic E-state index is 0.132. The summed E-state index contributed by atoms with van der Waals surface area (Å²) < 4.78 is 42.1. The number of rotatable bonds is 4. The van der Waals surface area contributed by atoms with Gasteiger partial charge in [0.15, 0.2) is 11.6 Å². The topological polar surface area (TPSA) is 39.2 Å². The van der Waals surface area contributed by atoms with Crippen molar-refractivity contribution in [1.29, 1.82) is 0 Å². The molecule has 1 aromatic carbocycles. The summed E-state index contributed by atoms with van der Waals surface area (Å²) in [5.41, 5.74) is -0.381. The molecule has 0 bridgehead atoms. The standard InChI is InChI=1S/C13H8F3NO2/c14-10-7-17-6-5-8(10)12(18)9-3-1-2-4-11(9)19-13(15)16/h1-7,13H. The third kappa shape index (κ3) is 2.90. The summed E-state index contributed by atoms with van der Waals surface area (Å²) in [6.07, 6.45) is 2.12. The van der Waals surface area contributed by atoms with E-state index in [2.05, 4.69) is 9.72 Å². The zero-order valence-electron chi connectivity index (χ0n) is 9.52. The lowest BCUT2D eigenvalue weighted by molar-refractivity contribution is -0.0501. The molecular weight excluding hydrogens is 259 g/mol. The molecule has 0 spiro atoms. The van der Waals surface area contributed by atoms with Crippen LogP contribution in [0.5, 0.6) is 5.75 Å². The monoisotopic (exact) mass is 267 g/mol. The Morgan fingerprint density at radius 2 is 1.89 bits per heavy atom. The van der Waals surface area contributed by atoms with E-state index < -0.39 is 18.2 Å². The average molecular weight is 267 g/mol. The summed E-state index contributed by atoms with van der Waals surface area (Å²) >= 11 is 0. The van der Waals surface area contributed by atoms with E-state index in [1.807, 2.05) is 0 Å². The van der Waals surface area contributed by atoms with Gasteiger partial charge in [-0.1, -0.05) is 12.1 Å². The van der Waals surface area contributed by atoms with E-state index in [0.29, 0.717) is 0 Å². The number of carbonyl (C=O) groups is 1. The van der Waals surface area contributed by atoms with E-state index in [9.17, 15) is 18.0 Å². The fraction of sp³-hybridized carbons (Fsp3) is 0.0769. The van der Waals surface area contributed by atoms with E-state index in [4.69, 9.17) is 0 Å². The van der Waals surface area contributed by atoms with Crippen LogP contribution in [0.3, 0.4) is 0 Å². The number of hydrogen-bond acceptors (Lipinski definition) is 3. The summed E-state index contributed by atoms with van der Waals surface area (Å²) in [6.45, 7) is -3.06. The number of halogens is 3. The molecule has 0 amide bonds. The van der Waals surface area contributed by atoms with Crippen LogP contribution in [-0.2, 0) is 0 Å². The Balaban J connectivity index is 2.42. The van der Waals surface area contributed by atoms with Gasteiger partial charge in [-0.05, 0) is 18.2 Å². The molecule has 0 atom stereocenters. The number of ether oxygens (including phenoxy) is 1. The number of hydrogen-bond donors (Lipinski definition) is 0. The van der Waals surface area contributed by atoms with Crippen LogP contribution in [0.2, 0.25) is 0 Å². The molecule has 0 radical (unpaired) electrons. The molecular formula is C13H8F3NO2. The Kier molecular flexibility index (Phi) is 3.79. The molecule has 6 heteroatoms. The van der Waals surface area contributed by atoms with E-state index in [0.717, 1.165) is 6.20 Å². The van der Waals surface area contributed by atoms with E-state index in [-0.39, 0.29) is 16.9 Å². The molecule has 2 aromatic rings. The number of ketones is 1. The molecule has 0 aliphatic rings. The fourth-order valence-corrected chi connectivity index (χ4v) is 1.56. The second-order valence-electron chi connectivity index (χ2n) is 3.56. The van der Waals surface area contributed by atoms with Crippen LogP contribution in [0, 0.1) is 5.82 Å². The van der Waals surface area contributed by atoms with Crippen LogP contribution in [0.1, 0.15) is 15.9 Å². The molecule has 0 aliphatic carbocycles. The molecule has 1 aromatic heterocycles. The number of pyridine rings is 1. The van der Waals surface area contributed by atoms with Crippen molar-refractivity contribution in [2.45, 2.75) is 6.61 Å². The molecule has 0 fully saturated rings. The van der Waals surface area contributed by atoms with Gasteiger partial charge in [-0.3, -0.25) is 9.78 Å². The predicted octanol–water partition coefficient (Wildman–Crippen LogP) is 3.05. The molecule has 1 heterocycles. The van der Waals surface area contributed by atoms with Gasteiger partial charge < -0.3 is 4.74 Å².